The number of carboxylic acid groups (broad SMARTS) is 1. The van der Waals surface area contributed by atoms with E-state index in [-0.39, 0.29) is 11.4 Å². The van der Waals surface area contributed by atoms with Gasteiger partial charge in [0.2, 0.25) is 0 Å². The van der Waals surface area contributed by atoms with E-state index in [1.165, 1.54) is 16.7 Å². The first kappa shape index (κ1) is 11.2. The number of nitrogens with one attached hydrogen (secondary N) is 1. The molecule has 6 heteroatoms. The fourth-order valence-corrected chi connectivity index (χ4v) is 2.55. The van der Waals surface area contributed by atoms with Gasteiger partial charge < -0.3 is 10.4 Å². The van der Waals surface area contributed by atoms with Crippen LogP contribution in [0, 0.1) is 0 Å². The van der Waals surface area contributed by atoms with Crippen molar-refractivity contribution in [1.82, 2.24) is 10.2 Å². The van der Waals surface area contributed by atoms with Crippen LogP contribution in [0.4, 0.5) is 4.79 Å². The van der Waals surface area contributed by atoms with Gasteiger partial charge in [-0.2, -0.15) is 0 Å². The van der Waals surface area contributed by atoms with E-state index in [1.807, 2.05) is 13.8 Å². The molecule has 0 bridgehead atoms. The van der Waals surface area contributed by atoms with Gasteiger partial charge in [-0.3, -0.25) is 4.90 Å². The number of carboxylic acids is 1. The Morgan fingerprint density at radius 2 is 2.29 bits per heavy atom. The van der Waals surface area contributed by atoms with Gasteiger partial charge in [-0.15, -0.1) is 11.8 Å². The second-order valence-corrected chi connectivity index (χ2v) is 4.38. The second kappa shape index (κ2) is 4.54. The number of nitrogens with zero attached hydrogens (tertiary/aromatic N) is 1. The normalized spacial score (nSPS) is 26.3. The average Bonchev–Trinajstić information content (AvgIpc) is 2.47. The van der Waals surface area contributed by atoms with Crippen LogP contribution in [0.3, 0.4) is 0 Å². The molecule has 1 rings (SSSR count). The highest BCUT2D eigenvalue weighted by Crippen LogP contribution is 2.28. The lowest BCUT2D eigenvalue weighted by molar-refractivity contribution is -0.141. The van der Waals surface area contributed by atoms with E-state index in [0.717, 1.165) is 0 Å². The third-order valence-electron chi connectivity index (χ3n) is 2.07. The first-order chi connectivity index (χ1) is 6.57. The smallest absolute Gasteiger partial charge is 0.327 e. The van der Waals surface area contributed by atoms with Crippen molar-refractivity contribution in [3.8, 4) is 0 Å². The van der Waals surface area contributed by atoms with Gasteiger partial charge in [-0.1, -0.05) is 0 Å². The van der Waals surface area contributed by atoms with Gasteiger partial charge in [-0.05, 0) is 13.8 Å². The van der Waals surface area contributed by atoms with Crippen molar-refractivity contribution in [3.63, 3.8) is 0 Å². The number of rotatable bonds is 2. The van der Waals surface area contributed by atoms with Crippen LogP contribution < -0.4 is 5.32 Å². The van der Waals surface area contributed by atoms with E-state index in [0.29, 0.717) is 12.3 Å². The topological polar surface area (TPSA) is 69.6 Å². The van der Waals surface area contributed by atoms with Crippen molar-refractivity contribution in [2.75, 3.05) is 12.3 Å². The molecule has 1 aliphatic rings. The van der Waals surface area contributed by atoms with Crippen LogP contribution in [0.2, 0.25) is 0 Å². The van der Waals surface area contributed by atoms with Gasteiger partial charge in [0.15, 0.2) is 0 Å². The van der Waals surface area contributed by atoms with E-state index in [4.69, 9.17) is 5.11 Å². The van der Waals surface area contributed by atoms with Gasteiger partial charge in [-0.25, -0.2) is 9.59 Å². The minimum absolute atomic E-state index is 0.0670. The number of carbonyl (C=O) groups is 2. The largest absolute Gasteiger partial charge is 0.480 e. The monoisotopic (exact) mass is 218 g/mol. The van der Waals surface area contributed by atoms with Gasteiger partial charge in [0.05, 0.1) is 5.37 Å². The molecule has 2 unspecified atom stereocenters. The molecule has 1 aliphatic heterocycles. The van der Waals surface area contributed by atoms with E-state index >= 15 is 0 Å². The van der Waals surface area contributed by atoms with Crippen LogP contribution in [0.15, 0.2) is 0 Å². The molecule has 2 amide bonds. The maximum atomic E-state index is 11.5. The molecule has 0 aromatic heterocycles. The van der Waals surface area contributed by atoms with Crippen LogP contribution in [0.5, 0.6) is 0 Å². The van der Waals surface area contributed by atoms with Crippen molar-refractivity contribution in [3.05, 3.63) is 0 Å². The average molecular weight is 218 g/mol. The van der Waals surface area contributed by atoms with Crippen molar-refractivity contribution < 1.29 is 14.7 Å². The Balaban J connectivity index is 2.71. The summed E-state index contributed by atoms with van der Waals surface area (Å²) in [5.74, 6) is -0.471. The summed E-state index contributed by atoms with van der Waals surface area (Å²) >= 11 is 1.48. The predicted octanol–water partition coefficient (Wildman–Crippen LogP) is 0.564. The maximum Gasteiger partial charge on any atom is 0.327 e. The first-order valence-electron chi connectivity index (χ1n) is 4.48. The summed E-state index contributed by atoms with van der Waals surface area (Å²) < 4.78 is 0. The summed E-state index contributed by atoms with van der Waals surface area (Å²) in [6.45, 7) is 4.16. The number of hydrogen-bond donors (Lipinski definition) is 2. The molecule has 0 aromatic rings. The second-order valence-electron chi connectivity index (χ2n) is 3.03. The molecule has 1 heterocycles. The van der Waals surface area contributed by atoms with Crippen LogP contribution in [-0.2, 0) is 4.79 Å². The molecule has 1 saturated heterocycles. The highest BCUT2D eigenvalue weighted by atomic mass is 32.2. The van der Waals surface area contributed by atoms with Gasteiger partial charge in [0, 0.05) is 12.3 Å². The van der Waals surface area contributed by atoms with Crippen molar-refractivity contribution >= 4 is 23.8 Å². The Kier molecular flexibility index (Phi) is 3.62. The molecular weight excluding hydrogens is 204 g/mol. The predicted molar refractivity (Wildman–Crippen MR) is 54.3 cm³/mol. The zero-order chi connectivity index (χ0) is 10.7. The summed E-state index contributed by atoms with van der Waals surface area (Å²) in [5, 5.41) is 11.4. The standard InChI is InChI=1S/C8H14N2O3S/c1-3-9-8(13)10-5(2)14-4-6(10)7(11)12/h5-6H,3-4H2,1-2H3,(H,9,13)(H,11,12). The third kappa shape index (κ3) is 2.12. The summed E-state index contributed by atoms with van der Waals surface area (Å²) in [6, 6.07) is -0.987. The van der Waals surface area contributed by atoms with Gasteiger partial charge in [0.1, 0.15) is 6.04 Å². The summed E-state index contributed by atoms with van der Waals surface area (Å²) in [4.78, 5) is 23.7. The zero-order valence-corrected chi connectivity index (χ0v) is 9.00. The molecule has 1 fully saturated rings. The molecular formula is C8H14N2O3S. The Morgan fingerprint density at radius 3 is 2.79 bits per heavy atom. The highest BCUT2D eigenvalue weighted by Gasteiger charge is 2.39. The van der Waals surface area contributed by atoms with E-state index in [9.17, 15) is 9.59 Å². The number of urea groups is 1. The number of carbonyl (C=O) groups excluding carboxylic acids is 1. The van der Waals surface area contributed by atoms with Crippen LogP contribution in [0.25, 0.3) is 0 Å². The summed E-state index contributed by atoms with van der Waals surface area (Å²) in [6.07, 6.45) is 0. The third-order valence-corrected chi connectivity index (χ3v) is 3.29. The van der Waals surface area contributed by atoms with E-state index in [1.54, 1.807) is 0 Å². The molecule has 80 valence electrons. The number of thioether (sulfide) groups is 1. The molecule has 5 nitrogen and oxygen atoms in total. The quantitative estimate of drug-likeness (QED) is 0.710. The lowest BCUT2D eigenvalue weighted by atomic mass is 10.3. The lowest BCUT2D eigenvalue weighted by Crippen LogP contribution is -2.49. The molecule has 0 aromatic carbocycles. The minimum Gasteiger partial charge on any atom is -0.480 e. The van der Waals surface area contributed by atoms with E-state index < -0.39 is 12.0 Å². The Labute approximate surface area is 86.8 Å². The molecule has 0 spiro atoms. The van der Waals surface area contributed by atoms with Crippen molar-refractivity contribution in [2.24, 2.45) is 0 Å². The molecule has 2 atom stereocenters. The van der Waals surface area contributed by atoms with Crippen molar-refractivity contribution in [2.45, 2.75) is 25.3 Å². The Bertz CT molecular complexity index is 247. The minimum atomic E-state index is -0.937. The SMILES string of the molecule is CCNC(=O)N1C(C)SCC1C(=O)O. The molecule has 0 saturated carbocycles. The number of aliphatic carboxylic acids is 1. The fourth-order valence-electron chi connectivity index (χ4n) is 1.38. The van der Waals surface area contributed by atoms with E-state index in [2.05, 4.69) is 5.32 Å². The maximum absolute atomic E-state index is 11.5. The Hall–Kier alpha value is -0.910. The number of amides is 2. The lowest BCUT2D eigenvalue weighted by Gasteiger charge is -2.24. The summed E-state index contributed by atoms with van der Waals surface area (Å²) in [7, 11) is 0. The first-order valence-corrected chi connectivity index (χ1v) is 5.53. The Morgan fingerprint density at radius 1 is 1.64 bits per heavy atom. The molecule has 2 N–H and O–H groups in total. The highest BCUT2D eigenvalue weighted by molar-refractivity contribution is 8.00. The van der Waals surface area contributed by atoms with Crippen molar-refractivity contribution in [1.29, 1.82) is 0 Å². The zero-order valence-electron chi connectivity index (χ0n) is 8.19. The summed E-state index contributed by atoms with van der Waals surface area (Å²) in [5.41, 5.74) is 0. The molecule has 14 heavy (non-hydrogen) atoms. The molecule has 0 radical (unpaired) electrons. The van der Waals surface area contributed by atoms with Gasteiger partial charge >= 0.3 is 12.0 Å². The van der Waals surface area contributed by atoms with Crippen LogP contribution >= 0.6 is 11.8 Å². The van der Waals surface area contributed by atoms with Crippen LogP contribution in [0.1, 0.15) is 13.8 Å². The van der Waals surface area contributed by atoms with Crippen LogP contribution in [-0.4, -0.2) is 45.7 Å². The fraction of sp³-hybridized carbons (Fsp3) is 0.750. The van der Waals surface area contributed by atoms with Gasteiger partial charge in [0.25, 0.3) is 0 Å². The number of hydrogen-bond acceptors (Lipinski definition) is 3. The molecule has 0 aliphatic carbocycles.